The summed E-state index contributed by atoms with van der Waals surface area (Å²) in [5.41, 5.74) is 1.22. The van der Waals surface area contributed by atoms with Crippen molar-refractivity contribution < 1.29 is 31.5 Å². The highest BCUT2D eigenvalue weighted by Gasteiger charge is 2.26. The number of ether oxygens (including phenoxy) is 1. The van der Waals surface area contributed by atoms with Crippen LogP contribution in [0.2, 0.25) is 0 Å². The molecule has 0 atom stereocenters. The molecule has 1 aromatic heterocycles. The maximum Gasteiger partial charge on any atom is 0.256 e. The first-order valence-corrected chi connectivity index (χ1v) is 11.3. The zero-order valence-electron chi connectivity index (χ0n) is 19.9. The van der Waals surface area contributed by atoms with Crippen LogP contribution < -0.4 is 10.1 Å². The van der Waals surface area contributed by atoms with Gasteiger partial charge in [-0.1, -0.05) is 38.1 Å². The lowest BCUT2D eigenvalue weighted by atomic mass is 10.0. The molecule has 5 nitrogen and oxygen atoms in total. The molecule has 3 aromatic carbocycles. The van der Waals surface area contributed by atoms with Crippen molar-refractivity contribution in [3.05, 3.63) is 112 Å². The number of benzene rings is 3. The van der Waals surface area contributed by atoms with Gasteiger partial charge in [0.25, 0.3) is 5.91 Å². The van der Waals surface area contributed by atoms with Gasteiger partial charge in [0.1, 0.15) is 12.4 Å². The van der Waals surface area contributed by atoms with Gasteiger partial charge in [-0.3, -0.25) is 9.48 Å². The second kappa shape index (κ2) is 10.8. The average Bonchev–Trinajstić information content (AvgIpc) is 3.34. The molecule has 37 heavy (non-hydrogen) atoms. The minimum Gasteiger partial charge on any atom is -0.489 e. The van der Waals surface area contributed by atoms with Crippen LogP contribution >= 0.6 is 0 Å². The van der Waals surface area contributed by atoms with E-state index >= 15 is 0 Å². The number of anilines is 1. The van der Waals surface area contributed by atoms with Gasteiger partial charge in [-0.05, 0) is 41.3 Å². The van der Waals surface area contributed by atoms with Crippen molar-refractivity contribution in [2.45, 2.75) is 32.9 Å². The minimum absolute atomic E-state index is 0.0285. The van der Waals surface area contributed by atoms with Crippen molar-refractivity contribution in [1.29, 1.82) is 0 Å². The van der Waals surface area contributed by atoms with Gasteiger partial charge < -0.3 is 10.1 Å². The van der Waals surface area contributed by atoms with Gasteiger partial charge >= 0.3 is 0 Å². The number of aromatic nitrogens is 2. The van der Waals surface area contributed by atoms with E-state index < -0.39 is 47.1 Å². The highest BCUT2D eigenvalue weighted by atomic mass is 19.2. The Morgan fingerprint density at radius 2 is 1.57 bits per heavy atom. The summed E-state index contributed by atoms with van der Waals surface area (Å²) in [5, 5.41) is 6.48. The molecule has 0 saturated carbocycles. The summed E-state index contributed by atoms with van der Waals surface area (Å²) in [7, 11) is 0. The van der Waals surface area contributed by atoms with Crippen molar-refractivity contribution in [2.24, 2.45) is 0 Å². The fraction of sp³-hybridized carbons (Fsp3) is 0.185. The van der Waals surface area contributed by atoms with Crippen LogP contribution in [0.5, 0.6) is 5.75 Å². The fourth-order valence-corrected chi connectivity index (χ4v) is 3.57. The van der Waals surface area contributed by atoms with Crippen LogP contribution in [0.1, 0.15) is 46.8 Å². The van der Waals surface area contributed by atoms with E-state index in [1.54, 1.807) is 24.3 Å². The van der Waals surface area contributed by atoms with Gasteiger partial charge in [-0.15, -0.1) is 0 Å². The zero-order valence-corrected chi connectivity index (χ0v) is 19.9. The van der Waals surface area contributed by atoms with Crippen LogP contribution in [0.25, 0.3) is 0 Å². The third-order valence-electron chi connectivity index (χ3n) is 5.64. The van der Waals surface area contributed by atoms with E-state index in [4.69, 9.17) is 4.74 Å². The Hall–Kier alpha value is -4.21. The fourth-order valence-electron chi connectivity index (χ4n) is 3.57. The molecule has 4 rings (SSSR count). The van der Waals surface area contributed by atoms with Gasteiger partial charge in [-0.25, -0.2) is 22.0 Å². The van der Waals surface area contributed by atoms with Crippen molar-refractivity contribution in [2.75, 3.05) is 5.32 Å². The number of hydrogen-bond donors (Lipinski definition) is 1. The molecule has 0 aliphatic rings. The van der Waals surface area contributed by atoms with E-state index in [1.165, 1.54) is 17.8 Å². The van der Waals surface area contributed by atoms with Crippen LogP contribution in [-0.4, -0.2) is 15.7 Å². The first-order valence-electron chi connectivity index (χ1n) is 11.3. The summed E-state index contributed by atoms with van der Waals surface area (Å²) in [4.78, 5) is 12.7. The molecule has 0 aliphatic heterocycles. The monoisotopic (exact) mass is 515 g/mol. The first-order chi connectivity index (χ1) is 17.6. The van der Waals surface area contributed by atoms with Crippen molar-refractivity contribution in [1.82, 2.24) is 9.78 Å². The molecular weight excluding hydrogens is 493 g/mol. The predicted molar refractivity (Wildman–Crippen MR) is 127 cm³/mol. The van der Waals surface area contributed by atoms with Gasteiger partial charge in [0.2, 0.25) is 5.82 Å². The normalized spacial score (nSPS) is 11.1. The molecule has 1 N–H and O–H groups in total. The number of carbonyl (C=O) groups excluding carboxylic acids is 1. The zero-order chi connectivity index (χ0) is 26.7. The number of halogens is 5. The van der Waals surface area contributed by atoms with Gasteiger partial charge in [-0.2, -0.15) is 5.10 Å². The van der Waals surface area contributed by atoms with E-state index in [0.717, 1.165) is 10.2 Å². The molecular formula is C27H22F5N3O2. The smallest absolute Gasteiger partial charge is 0.256 e. The molecule has 4 aromatic rings. The number of hydrogen-bond acceptors (Lipinski definition) is 3. The second-order valence-electron chi connectivity index (χ2n) is 8.61. The standard InChI is InChI=1S/C27H22F5N3O2/c1-15(2)17-6-8-19(9-7-17)37-14-16-4-3-5-18(12-16)27(36)33-21-10-11-35(34-21)13-20-22(28)24(30)26(32)25(31)23(20)29/h3-12,15H,13-14H2,1-2H3,(H,33,34,36). The summed E-state index contributed by atoms with van der Waals surface area (Å²) < 4.78 is 74.8. The van der Waals surface area contributed by atoms with Crippen LogP contribution in [0.15, 0.2) is 60.8 Å². The highest BCUT2D eigenvalue weighted by Crippen LogP contribution is 2.24. The summed E-state index contributed by atoms with van der Waals surface area (Å²) >= 11 is 0. The Bertz CT molecular complexity index is 1410. The van der Waals surface area contributed by atoms with Gasteiger partial charge in [0, 0.05) is 17.8 Å². The quantitative estimate of drug-likeness (QED) is 0.164. The minimum atomic E-state index is -2.23. The van der Waals surface area contributed by atoms with Crippen molar-refractivity contribution >= 4 is 11.7 Å². The highest BCUT2D eigenvalue weighted by molar-refractivity contribution is 6.03. The van der Waals surface area contributed by atoms with E-state index in [2.05, 4.69) is 24.3 Å². The van der Waals surface area contributed by atoms with E-state index in [9.17, 15) is 26.7 Å². The van der Waals surface area contributed by atoms with E-state index in [0.29, 0.717) is 17.2 Å². The lowest BCUT2D eigenvalue weighted by molar-refractivity contribution is 0.102. The van der Waals surface area contributed by atoms with Crippen LogP contribution in [0.4, 0.5) is 27.8 Å². The Labute approximate surface area is 209 Å². The van der Waals surface area contributed by atoms with Gasteiger partial charge in [0.05, 0.1) is 12.1 Å². The van der Waals surface area contributed by atoms with E-state index in [-0.39, 0.29) is 12.4 Å². The van der Waals surface area contributed by atoms with Crippen molar-refractivity contribution in [3.8, 4) is 5.75 Å². The number of carbonyl (C=O) groups is 1. The maximum absolute atomic E-state index is 13.9. The maximum atomic E-state index is 13.9. The number of rotatable bonds is 8. The summed E-state index contributed by atoms with van der Waals surface area (Å²) in [6.07, 6.45) is 1.24. The van der Waals surface area contributed by atoms with Gasteiger partial charge in [0.15, 0.2) is 29.1 Å². The lowest BCUT2D eigenvalue weighted by Crippen LogP contribution is -2.14. The molecule has 0 bridgehead atoms. The molecule has 1 amide bonds. The lowest BCUT2D eigenvalue weighted by Gasteiger charge is -2.10. The topological polar surface area (TPSA) is 56.1 Å². The largest absolute Gasteiger partial charge is 0.489 e. The SMILES string of the molecule is CC(C)c1ccc(OCc2cccc(C(=O)Nc3ccn(Cc4c(F)c(F)c(F)c(F)c4F)n3)c2)cc1. The van der Waals surface area contributed by atoms with Crippen molar-refractivity contribution in [3.63, 3.8) is 0 Å². The molecule has 0 spiro atoms. The number of nitrogens with zero attached hydrogens (tertiary/aromatic N) is 2. The summed E-state index contributed by atoms with van der Waals surface area (Å²) in [5.74, 6) is -9.56. The average molecular weight is 515 g/mol. The Kier molecular flexibility index (Phi) is 7.56. The molecule has 0 radical (unpaired) electrons. The van der Waals surface area contributed by atoms with Crippen LogP contribution in [-0.2, 0) is 13.2 Å². The second-order valence-corrected chi connectivity index (χ2v) is 8.61. The molecule has 192 valence electrons. The van der Waals surface area contributed by atoms with E-state index in [1.807, 2.05) is 24.3 Å². The molecule has 10 heteroatoms. The summed E-state index contributed by atoms with van der Waals surface area (Å²) in [6, 6.07) is 15.8. The molecule has 0 aliphatic carbocycles. The Balaban J connectivity index is 1.40. The number of amides is 1. The third-order valence-corrected chi connectivity index (χ3v) is 5.64. The third kappa shape index (κ3) is 5.79. The molecule has 1 heterocycles. The molecule has 0 unspecified atom stereocenters. The summed E-state index contributed by atoms with van der Waals surface area (Å²) in [6.45, 7) is 3.71. The molecule has 0 fully saturated rings. The van der Waals surface area contributed by atoms with Crippen LogP contribution in [0, 0.1) is 29.1 Å². The predicted octanol–water partition coefficient (Wildman–Crippen LogP) is 6.58. The number of nitrogens with one attached hydrogen (secondary N) is 1. The van der Waals surface area contributed by atoms with Crippen LogP contribution in [0.3, 0.4) is 0 Å². The molecule has 0 saturated heterocycles. The first kappa shape index (κ1) is 25.9. The Morgan fingerprint density at radius 3 is 2.22 bits per heavy atom. The Morgan fingerprint density at radius 1 is 0.919 bits per heavy atom.